The average Bonchev–Trinajstić information content (AvgIpc) is 3.49. The second-order valence-corrected chi connectivity index (χ2v) is 11.4. The number of aliphatic hydroxyl groups excluding tert-OH is 1. The molecule has 11 nitrogen and oxygen atoms in total. The maximum Gasteiger partial charge on any atom is 0.323 e. The molecule has 3 aromatic carbocycles. The van der Waals surface area contributed by atoms with Crippen LogP contribution in [0.4, 0.5) is 16.2 Å². The zero-order valence-corrected chi connectivity index (χ0v) is 25.5. The molecule has 0 spiro atoms. The van der Waals surface area contributed by atoms with E-state index in [-0.39, 0.29) is 43.8 Å². The molecule has 0 aromatic heterocycles. The van der Waals surface area contributed by atoms with E-state index in [1.807, 2.05) is 32.2 Å². The van der Waals surface area contributed by atoms with E-state index in [1.165, 1.54) is 0 Å². The number of nitrogens with one attached hydrogen (secondary N) is 2. The number of urea groups is 1. The van der Waals surface area contributed by atoms with Crippen molar-refractivity contribution in [1.29, 1.82) is 0 Å². The van der Waals surface area contributed by atoms with Gasteiger partial charge in [0, 0.05) is 42.5 Å². The number of anilines is 2. The van der Waals surface area contributed by atoms with Gasteiger partial charge in [0.15, 0.2) is 11.5 Å². The Morgan fingerprint density at radius 2 is 1.75 bits per heavy atom. The van der Waals surface area contributed by atoms with Crippen LogP contribution in [0.25, 0.3) is 0 Å². The molecule has 5 rings (SSSR count). The Hall–Kier alpha value is -4.48. The summed E-state index contributed by atoms with van der Waals surface area (Å²) in [4.78, 5) is 30.2. The smallest absolute Gasteiger partial charge is 0.323 e. The van der Waals surface area contributed by atoms with Gasteiger partial charge in [0.1, 0.15) is 17.6 Å². The van der Waals surface area contributed by atoms with Gasteiger partial charge >= 0.3 is 6.03 Å². The minimum atomic E-state index is -0.419. The molecule has 2 heterocycles. The van der Waals surface area contributed by atoms with E-state index in [4.69, 9.17) is 18.9 Å². The number of carbonyl (C=O) groups excluding carboxylic acids is 2. The highest BCUT2D eigenvalue weighted by Crippen LogP contribution is 2.33. The lowest BCUT2D eigenvalue weighted by atomic mass is 10.0. The van der Waals surface area contributed by atoms with Gasteiger partial charge in [-0.2, -0.15) is 0 Å². The first kappa shape index (κ1) is 31.0. The van der Waals surface area contributed by atoms with Crippen molar-refractivity contribution < 1.29 is 33.6 Å². The van der Waals surface area contributed by atoms with E-state index in [0.29, 0.717) is 48.1 Å². The number of carbonyl (C=O) groups is 2. The monoisotopic (exact) mass is 604 g/mol. The van der Waals surface area contributed by atoms with Crippen molar-refractivity contribution in [2.45, 2.75) is 39.0 Å². The molecule has 234 valence electrons. The lowest BCUT2D eigenvalue weighted by Gasteiger charge is -2.34. The van der Waals surface area contributed by atoms with Crippen LogP contribution in [0.3, 0.4) is 0 Å². The molecule has 0 saturated carbocycles. The number of hydrogen-bond donors (Lipinski definition) is 3. The molecule has 44 heavy (non-hydrogen) atoms. The van der Waals surface area contributed by atoms with Crippen LogP contribution in [-0.4, -0.2) is 79.6 Å². The quantitative estimate of drug-likeness (QED) is 0.330. The number of likely N-dealkylation sites (N-methyl/N-ethyl adjacent to an activating group) is 1. The summed E-state index contributed by atoms with van der Waals surface area (Å²) in [6.45, 7) is 5.68. The predicted molar refractivity (Wildman–Crippen MR) is 167 cm³/mol. The van der Waals surface area contributed by atoms with Gasteiger partial charge in [-0.1, -0.05) is 13.0 Å². The van der Waals surface area contributed by atoms with E-state index in [1.54, 1.807) is 54.5 Å². The maximum atomic E-state index is 13.5. The van der Waals surface area contributed by atoms with Gasteiger partial charge in [0.25, 0.3) is 0 Å². The number of hydrogen-bond acceptors (Lipinski definition) is 8. The van der Waals surface area contributed by atoms with Crippen LogP contribution >= 0.6 is 0 Å². The van der Waals surface area contributed by atoms with Crippen molar-refractivity contribution in [1.82, 2.24) is 9.80 Å². The maximum absolute atomic E-state index is 13.5. The summed E-state index contributed by atoms with van der Waals surface area (Å²) in [6.07, 6.45) is -0.189. The van der Waals surface area contributed by atoms with Crippen molar-refractivity contribution in [2.75, 3.05) is 51.3 Å². The molecule has 0 saturated heterocycles. The van der Waals surface area contributed by atoms with Crippen molar-refractivity contribution in [3.05, 3.63) is 71.8 Å². The fraction of sp³-hybridized carbons (Fsp3) is 0.394. The first-order valence-corrected chi connectivity index (χ1v) is 14.7. The Balaban J connectivity index is 1.33. The van der Waals surface area contributed by atoms with E-state index in [2.05, 4.69) is 22.5 Å². The zero-order valence-electron chi connectivity index (χ0n) is 25.5. The summed E-state index contributed by atoms with van der Waals surface area (Å²) in [5.74, 6) is 2.62. The third kappa shape index (κ3) is 7.53. The highest BCUT2D eigenvalue weighted by Gasteiger charge is 2.31. The molecule has 2 aliphatic rings. The fourth-order valence-electron chi connectivity index (χ4n) is 5.42. The van der Waals surface area contributed by atoms with E-state index in [9.17, 15) is 14.7 Å². The third-order valence-electron chi connectivity index (χ3n) is 7.90. The van der Waals surface area contributed by atoms with Gasteiger partial charge in [0.05, 0.1) is 26.2 Å². The van der Waals surface area contributed by atoms with Crippen LogP contribution in [0.5, 0.6) is 23.0 Å². The Labute approximate surface area is 257 Å². The van der Waals surface area contributed by atoms with E-state index < -0.39 is 6.03 Å². The van der Waals surface area contributed by atoms with Crippen LogP contribution in [0.2, 0.25) is 0 Å². The van der Waals surface area contributed by atoms with Crippen LogP contribution in [0, 0.1) is 5.92 Å². The lowest BCUT2D eigenvalue weighted by molar-refractivity contribution is -0.134. The summed E-state index contributed by atoms with van der Waals surface area (Å²) in [5.41, 5.74) is 2.88. The molecule has 0 aliphatic carbocycles. The van der Waals surface area contributed by atoms with E-state index >= 15 is 0 Å². The van der Waals surface area contributed by atoms with Gasteiger partial charge in [-0.3, -0.25) is 9.69 Å². The van der Waals surface area contributed by atoms with E-state index in [0.717, 1.165) is 17.1 Å². The molecular weight excluding hydrogens is 564 g/mol. The number of fused-ring (bicyclic) bond motifs is 2. The van der Waals surface area contributed by atoms with Gasteiger partial charge < -0.3 is 39.6 Å². The zero-order chi connectivity index (χ0) is 31.2. The third-order valence-corrected chi connectivity index (χ3v) is 7.90. The van der Waals surface area contributed by atoms with Gasteiger partial charge in [-0.05, 0) is 74.1 Å². The largest absolute Gasteiger partial charge is 0.497 e. The average molecular weight is 605 g/mol. The Bertz CT molecular complexity index is 1460. The highest BCUT2D eigenvalue weighted by molar-refractivity contribution is 6.00. The van der Waals surface area contributed by atoms with Crippen LogP contribution in [-0.2, 0) is 17.8 Å². The standard InChI is InChI=1S/C33H40N4O7/c1-21-16-37(22(2)19-38)32(39)15-24-14-26(35-33(40)34-25-6-9-27(41-4)10-7-25)8-12-28(24)44-31(21)18-36(3)17-23-5-11-29-30(13-23)43-20-42-29/h5-14,21-22,31,38H,15-20H2,1-4H3,(H2,34,35,40)/t21-,22+,31+/m0/s1. The predicted octanol–water partition coefficient (Wildman–Crippen LogP) is 4.35. The molecule has 0 radical (unpaired) electrons. The molecule has 3 atom stereocenters. The molecule has 0 unspecified atom stereocenters. The number of ether oxygens (including phenoxy) is 4. The highest BCUT2D eigenvalue weighted by atomic mass is 16.7. The molecule has 11 heteroatoms. The SMILES string of the molecule is COc1ccc(NC(=O)Nc2ccc3c(c2)CC(=O)N([C@H](C)CO)C[C@H](C)[C@@H](CN(C)Cc2ccc4c(c2)OCO4)O3)cc1. The summed E-state index contributed by atoms with van der Waals surface area (Å²) in [7, 11) is 3.61. The Kier molecular flexibility index (Phi) is 9.76. The van der Waals surface area contributed by atoms with Gasteiger partial charge in [-0.15, -0.1) is 0 Å². The minimum absolute atomic E-state index is 0.0359. The van der Waals surface area contributed by atoms with Crippen molar-refractivity contribution in [3.63, 3.8) is 0 Å². The number of rotatable bonds is 9. The summed E-state index contributed by atoms with van der Waals surface area (Å²) >= 11 is 0. The Morgan fingerprint density at radius 1 is 1.05 bits per heavy atom. The first-order valence-electron chi connectivity index (χ1n) is 14.7. The summed E-state index contributed by atoms with van der Waals surface area (Å²) in [6, 6.07) is 17.5. The lowest BCUT2D eigenvalue weighted by Crippen LogP contribution is -2.47. The van der Waals surface area contributed by atoms with Crippen LogP contribution in [0.1, 0.15) is 25.0 Å². The number of methoxy groups -OCH3 is 1. The topological polar surface area (TPSA) is 122 Å². The fourth-order valence-corrected chi connectivity index (χ4v) is 5.42. The molecule has 2 aliphatic heterocycles. The number of benzene rings is 3. The Morgan fingerprint density at radius 3 is 2.50 bits per heavy atom. The first-order chi connectivity index (χ1) is 21.2. The number of aliphatic hydroxyl groups is 1. The molecule has 0 bridgehead atoms. The second kappa shape index (κ2) is 13.9. The van der Waals surface area contributed by atoms with Gasteiger partial charge in [-0.25, -0.2) is 4.79 Å². The number of nitrogens with zero attached hydrogens (tertiary/aromatic N) is 2. The van der Waals surface area contributed by atoms with Crippen molar-refractivity contribution in [3.8, 4) is 23.0 Å². The number of amides is 3. The molecule has 0 fully saturated rings. The minimum Gasteiger partial charge on any atom is -0.497 e. The molecule has 3 amide bonds. The molecular formula is C33H40N4O7. The van der Waals surface area contributed by atoms with Crippen molar-refractivity contribution >= 4 is 23.3 Å². The van der Waals surface area contributed by atoms with Crippen LogP contribution in [0.15, 0.2) is 60.7 Å². The second-order valence-electron chi connectivity index (χ2n) is 11.4. The summed E-state index contributed by atoms with van der Waals surface area (Å²) < 4.78 is 22.8. The van der Waals surface area contributed by atoms with Crippen molar-refractivity contribution in [2.24, 2.45) is 5.92 Å². The normalized spacial score (nSPS) is 18.4. The summed E-state index contributed by atoms with van der Waals surface area (Å²) in [5, 5.41) is 15.6. The van der Waals surface area contributed by atoms with Gasteiger partial charge in [0.2, 0.25) is 12.7 Å². The molecule has 3 N–H and O–H groups in total. The molecule has 3 aromatic rings. The van der Waals surface area contributed by atoms with Crippen LogP contribution < -0.4 is 29.6 Å².